The van der Waals surface area contributed by atoms with Crippen molar-refractivity contribution in [1.82, 2.24) is 9.88 Å². The van der Waals surface area contributed by atoms with Crippen molar-refractivity contribution in [2.75, 3.05) is 27.4 Å². The van der Waals surface area contributed by atoms with Crippen LogP contribution in [0.2, 0.25) is 0 Å². The Hall–Kier alpha value is -3.12. The van der Waals surface area contributed by atoms with Gasteiger partial charge in [0.25, 0.3) is 0 Å². The summed E-state index contributed by atoms with van der Waals surface area (Å²) in [6.45, 7) is 7.80. The molecule has 3 rings (SSSR count). The molecule has 0 aliphatic rings. The molecule has 6 heteroatoms. The van der Waals surface area contributed by atoms with Crippen LogP contribution in [0, 0.1) is 6.92 Å². The fourth-order valence-corrected chi connectivity index (χ4v) is 3.74. The van der Waals surface area contributed by atoms with E-state index >= 15 is 0 Å². The van der Waals surface area contributed by atoms with Crippen LogP contribution in [0.15, 0.2) is 42.5 Å². The second kappa shape index (κ2) is 10.3. The summed E-state index contributed by atoms with van der Waals surface area (Å²) in [7, 11) is 3.64. The molecule has 0 N–H and O–H groups in total. The predicted molar refractivity (Wildman–Crippen MR) is 122 cm³/mol. The molecule has 0 fully saturated rings. The van der Waals surface area contributed by atoms with Crippen LogP contribution in [-0.2, 0) is 17.8 Å². The average molecular weight is 423 g/mol. The quantitative estimate of drug-likeness (QED) is 0.464. The zero-order chi connectivity index (χ0) is 22.4. The van der Waals surface area contributed by atoms with Crippen molar-refractivity contribution in [3.8, 4) is 11.5 Å². The third kappa shape index (κ3) is 5.14. The molecule has 1 aromatic heterocycles. The van der Waals surface area contributed by atoms with E-state index in [9.17, 15) is 4.79 Å². The SMILES string of the molecule is CCOC(=O)c1c(CN(C)Cc2ccc(OCC)c(OC)c2)nc2ccccc2c1C. The van der Waals surface area contributed by atoms with E-state index in [-0.39, 0.29) is 5.97 Å². The van der Waals surface area contributed by atoms with Gasteiger partial charge in [0.1, 0.15) is 0 Å². The van der Waals surface area contributed by atoms with Crippen LogP contribution in [0.5, 0.6) is 11.5 Å². The number of benzene rings is 2. The summed E-state index contributed by atoms with van der Waals surface area (Å²) in [5, 5.41) is 0.966. The minimum absolute atomic E-state index is 0.326. The van der Waals surface area contributed by atoms with Gasteiger partial charge in [-0.1, -0.05) is 24.3 Å². The minimum Gasteiger partial charge on any atom is -0.493 e. The lowest BCUT2D eigenvalue weighted by atomic mass is 10.0. The number of carbonyl (C=O) groups is 1. The lowest BCUT2D eigenvalue weighted by Crippen LogP contribution is -2.22. The molecule has 1 heterocycles. The Labute approximate surface area is 183 Å². The first kappa shape index (κ1) is 22.6. The number of para-hydroxylation sites is 1. The number of methoxy groups -OCH3 is 1. The molecule has 0 aliphatic carbocycles. The molecular weight excluding hydrogens is 392 g/mol. The van der Waals surface area contributed by atoms with Crippen molar-refractivity contribution in [2.45, 2.75) is 33.9 Å². The van der Waals surface area contributed by atoms with Crippen molar-refractivity contribution < 1.29 is 19.0 Å². The smallest absolute Gasteiger partial charge is 0.340 e. The highest BCUT2D eigenvalue weighted by molar-refractivity contribution is 5.98. The third-order valence-corrected chi connectivity index (χ3v) is 5.11. The number of ether oxygens (including phenoxy) is 3. The van der Waals surface area contributed by atoms with Crippen LogP contribution >= 0.6 is 0 Å². The molecule has 0 unspecified atom stereocenters. The molecule has 0 atom stereocenters. The number of hydrogen-bond acceptors (Lipinski definition) is 6. The first-order valence-corrected chi connectivity index (χ1v) is 10.5. The molecule has 3 aromatic rings. The van der Waals surface area contributed by atoms with Crippen molar-refractivity contribution in [2.24, 2.45) is 0 Å². The van der Waals surface area contributed by atoms with Crippen LogP contribution in [-0.4, -0.2) is 43.2 Å². The van der Waals surface area contributed by atoms with Crippen molar-refractivity contribution in [3.63, 3.8) is 0 Å². The van der Waals surface area contributed by atoms with E-state index in [4.69, 9.17) is 19.2 Å². The van der Waals surface area contributed by atoms with E-state index in [2.05, 4.69) is 4.90 Å². The standard InChI is InChI=1S/C25H30N2O4/c1-6-30-22-13-12-18(14-23(22)29-5)15-27(4)16-21-24(25(28)31-7-2)17(3)19-10-8-9-11-20(19)26-21/h8-14H,6-7,15-16H2,1-5H3. The number of aryl methyl sites for hydroxylation is 1. The fourth-order valence-electron chi connectivity index (χ4n) is 3.74. The number of rotatable bonds is 9. The van der Waals surface area contributed by atoms with E-state index in [1.54, 1.807) is 7.11 Å². The van der Waals surface area contributed by atoms with Crippen LogP contribution in [0.3, 0.4) is 0 Å². The van der Waals surface area contributed by atoms with Crippen LogP contribution in [0.4, 0.5) is 0 Å². The number of nitrogens with zero attached hydrogens (tertiary/aromatic N) is 2. The lowest BCUT2D eigenvalue weighted by Gasteiger charge is -2.20. The van der Waals surface area contributed by atoms with Crippen molar-refractivity contribution in [3.05, 3.63) is 64.8 Å². The highest BCUT2D eigenvalue weighted by Crippen LogP contribution is 2.29. The molecule has 0 amide bonds. The van der Waals surface area contributed by atoms with E-state index < -0.39 is 0 Å². The molecule has 31 heavy (non-hydrogen) atoms. The van der Waals surface area contributed by atoms with Gasteiger partial charge in [-0.25, -0.2) is 4.79 Å². The summed E-state index contributed by atoms with van der Waals surface area (Å²) >= 11 is 0. The average Bonchev–Trinajstić information content (AvgIpc) is 2.75. The van der Waals surface area contributed by atoms with E-state index in [1.807, 2.05) is 70.3 Å². The number of aromatic nitrogens is 1. The Kier molecular flexibility index (Phi) is 7.47. The summed E-state index contributed by atoms with van der Waals surface area (Å²) < 4.78 is 16.4. The molecule has 0 bridgehead atoms. The zero-order valence-electron chi connectivity index (χ0n) is 18.9. The fraction of sp³-hybridized carbons (Fsp3) is 0.360. The Bertz CT molecular complexity index is 1060. The van der Waals surface area contributed by atoms with Gasteiger partial charge in [-0.3, -0.25) is 9.88 Å². The highest BCUT2D eigenvalue weighted by atomic mass is 16.5. The largest absolute Gasteiger partial charge is 0.493 e. The number of esters is 1. The van der Waals surface area contributed by atoms with Gasteiger partial charge in [-0.05, 0) is 57.1 Å². The molecule has 6 nitrogen and oxygen atoms in total. The highest BCUT2D eigenvalue weighted by Gasteiger charge is 2.21. The molecule has 0 saturated heterocycles. The van der Waals surface area contributed by atoms with Crippen LogP contribution < -0.4 is 9.47 Å². The van der Waals surface area contributed by atoms with Crippen LogP contribution in [0.1, 0.15) is 41.0 Å². The maximum Gasteiger partial charge on any atom is 0.340 e. The normalized spacial score (nSPS) is 11.0. The first-order valence-electron chi connectivity index (χ1n) is 10.5. The molecule has 2 aromatic carbocycles. The second-order valence-corrected chi connectivity index (χ2v) is 7.39. The summed E-state index contributed by atoms with van der Waals surface area (Å²) in [4.78, 5) is 19.7. The van der Waals surface area contributed by atoms with E-state index in [1.165, 1.54) is 0 Å². The Morgan fingerprint density at radius 3 is 2.52 bits per heavy atom. The van der Waals surface area contributed by atoms with Gasteiger partial charge in [0, 0.05) is 18.5 Å². The first-order chi connectivity index (χ1) is 15.0. The lowest BCUT2D eigenvalue weighted by molar-refractivity contribution is 0.0522. The van der Waals surface area contributed by atoms with Gasteiger partial charge >= 0.3 is 5.97 Å². The van der Waals surface area contributed by atoms with E-state index in [0.29, 0.717) is 37.6 Å². The van der Waals surface area contributed by atoms with Gasteiger partial charge in [-0.15, -0.1) is 0 Å². The van der Waals surface area contributed by atoms with Gasteiger partial charge in [0.15, 0.2) is 11.5 Å². The van der Waals surface area contributed by atoms with Gasteiger partial charge in [0.2, 0.25) is 0 Å². The predicted octanol–water partition coefficient (Wildman–Crippen LogP) is 4.76. The number of carbonyl (C=O) groups excluding carboxylic acids is 1. The summed E-state index contributed by atoms with van der Waals surface area (Å²) in [5.41, 5.74) is 4.12. The maximum atomic E-state index is 12.7. The summed E-state index contributed by atoms with van der Waals surface area (Å²) in [6.07, 6.45) is 0. The topological polar surface area (TPSA) is 60.9 Å². The van der Waals surface area contributed by atoms with Gasteiger partial charge < -0.3 is 14.2 Å². The number of pyridine rings is 1. The zero-order valence-corrected chi connectivity index (χ0v) is 18.9. The molecule has 0 radical (unpaired) electrons. The Balaban J connectivity index is 1.90. The summed E-state index contributed by atoms with van der Waals surface area (Å²) in [6, 6.07) is 13.8. The third-order valence-electron chi connectivity index (χ3n) is 5.11. The van der Waals surface area contributed by atoms with E-state index in [0.717, 1.165) is 33.5 Å². The molecule has 0 saturated carbocycles. The minimum atomic E-state index is -0.329. The molecule has 164 valence electrons. The molecule has 0 spiro atoms. The van der Waals surface area contributed by atoms with Crippen molar-refractivity contribution in [1.29, 1.82) is 0 Å². The maximum absolute atomic E-state index is 12.7. The number of hydrogen-bond donors (Lipinski definition) is 0. The molecule has 0 aliphatic heterocycles. The molecular formula is C25H30N2O4. The van der Waals surface area contributed by atoms with Gasteiger partial charge in [0.05, 0.1) is 37.1 Å². The summed E-state index contributed by atoms with van der Waals surface area (Å²) in [5.74, 6) is 1.11. The second-order valence-electron chi connectivity index (χ2n) is 7.39. The van der Waals surface area contributed by atoms with Crippen molar-refractivity contribution >= 4 is 16.9 Å². The monoisotopic (exact) mass is 422 g/mol. The number of fused-ring (bicyclic) bond motifs is 1. The Morgan fingerprint density at radius 2 is 1.81 bits per heavy atom. The Morgan fingerprint density at radius 1 is 1.03 bits per heavy atom. The van der Waals surface area contributed by atoms with Gasteiger partial charge in [-0.2, -0.15) is 0 Å². The van der Waals surface area contributed by atoms with Crippen LogP contribution in [0.25, 0.3) is 10.9 Å².